The molecular weight excluding hydrogens is 414 g/mol. The fourth-order valence-corrected chi connectivity index (χ4v) is 4.58. The number of anilines is 1. The molecule has 0 unspecified atom stereocenters. The summed E-state index contributed by atoms with van der Waals surface area (Å²) in [6, 6.07) is 3.06. The molecule has 0 aliphatic heterocycles. The zero-order chi connectivity index (χ0) is 15.7. The molecule has 112 valence electrons. The number of hydrogen-bond donors (Lipinski definition) is 3. The van der Waals surface area contributed by atoms with Crippen molar-refractivity contribution in [3.8, 4) is 0 Å². The molecule has 0 aromatic heterocycles. The maximum atomic E-state index is 12.3. The number of nitrogens with one attached hydrogen (secondary N) is 1. The average Bonchev–Trinajstić information content (AvgIpc) is 2.24. The normalized spacial score (nSPS) is 12.4. The maximum absolute atomic E-state index is 12.3. The van der Waals surface area contributed by atoms with Crippen LogP contribution in [0.5, 0.6) is 0 Å². The molecule has 1 aromatic rings. The predicted octanol–water partition coefficient (Wildman–Crippen LogP) is 1.58. The minimum atomic E-state index is -3.86. The molecule has 0 spiro atoms. The summed E-state index contributed by atoms with van der Waals surface area (Å²) in [5.41, 5.74) is 10.0. The van der Waals surface area contributed by atoms with Crippen LogP contribution < -0.4 is 16.2 Å². The van der Waals surface area contributed by atoms with Gasteiger partial charge in [0.25, 0.3) is 0 Å². The Morgan fingerprint density at radius 2 is 1.90 bits per heavy atom. The second-order valence-electron chi connectivity index (χ2n) is 4.88. The Hall–Kier alpha value is -0.640. The molecule has 0 heterocycles. The highest BCUT2D eigenvalue weighted by Gasteiger charge is 2.29. The molecule has 1 rings (SSSR count). The van der Waals surface area contributed by atoms with Crippen molar-refractivity contribution in [2.24, 2.45) is 11.1 Å². The lowest BCUT2D eigenvalue weighted by Gasteiger charge is -2.21. The Morgan fingerprint density at radius 3 is 2.35 bits per heavy atom. The molecule has 1 amide bonds. The Morgan fingerprint density at radius 1 is 1.35 bits per heavy atom. The summed E-state index contributed by atoms with van der Waals surface area (Å²) in [7, 11) is -3.86. The van der Waals surface area contributed by atoms with E-state index in [-0.39, 0.29) is 17.1 Å². The highest BCUT2D eigenvalue weighted by molar-refractivity contribution is 9.11. The van der Waals surface area contributed by atoms with Gasteiger partial charge in [-0.15, -0.1) is 0 Å². The van der Waals surface area contributed by atoms with Crippen LogP contribution in [0.3, 0.4) is 0 Å². The van der Waals surface area contributed by atoms with Crippen molar-refractivity contribution >= 4 is 53.5 Å². The van der Waals surface area contributed by atoms with E-state index in [9.17, 15) is 13.2 Å². The quantitative estimate of drug-likeness (QED) is 0.617. The van der Waals surface area contributed by atoms with E-state index in [1.165, 1.54) is 6.07 Å². The van der Waals surface area contributed by atoms with Crippen LogP contribution in [-0.4, -0.2) is 20.9 Å². The molecule has 5 N–H and O–H groups in total. The van der Waals surface area contributed by atoms with Crippen LogP contribution in [-0.2, 0) is 14.8 Å². The molecule has 0 bridgehead atoms. The molecule has 1 aromatic carbocycles. The summed E-state index contributed by atoms with van der Waals surface area (Å²) in [5.74, 6) is -0.594. The maximum Gasteiger partial charge on any atom is 0.243 e. The van der Waals surface area contributed by atoms with E-state index in [0.29, 0.717) is 8.95 Å². The smallest absolute Gasteiger partial charge is 0.243 e. The summed E-state index contributed by atoms with van der Waals surface area (Å²) >= 11 is 6.38. The molecule has 6 nitrogen and oxygen atoms in total. The first kappa shape index (κ1) is 17.4. The van der Waals surface area contributed by atoms with Crippen molar-refractivity contribution in [1.82, 2.24) is 4.72 Å². The third-order valence-electron chi connectivity index (χ3n) is 2.68. The first-order valence-corrected chi connectivity index (χ1v) is 8.58. The van der Waals surface area contributed by atoms with Gasteiger partial charge in [-0.05, 0) is 41.9 Å². The number of nitrogens with two attached hydrogens (primary N) is 2. The minimum Gasteiger partial charge on any atom is -0.398 e. The number of primary amides is 1. The number of hydrogen-bond acceptors (Lipinski definition) is 4. The van der Waals surface area contributed by atoms with Crippen LogP contribution in [0.1, 0.15) is 13.8 Å². The molecule has 0 aliphatic carbocycles. The van der Waals surface area contributed by atoms with Crippen LogP contribution in [0.15, 0.2) is 26.0 Å². The van der Waals surface area contributed by atoms with E-state index in [1.54, 1.807) is 19.9 Å². The van der Waals surface area contributed by atoms with Crippen molar-refractivity contribution in [3.63, 3.8) is 0 Å². The summed E-state index contributed by atoms with van der Waals surface area (Å²) in [6.45, 7) is 2.99. The van der Waals surface area contributed by atoms with Gasteiger partial charge in [-0.3, -0.25) is 4.79 Å². The van der Waals surface area contributed by atoms with E-state index in [1.807, 2.05) is 0 Å². The SMILES string of the molecule is CC(C)(CNS(=O)(=O)c1c(N)cc(Br)cc1Br)C(N)=O. The molecule has 0 fully saturated rings. The minimum absolute atomic E-state index is 0.0685. The molecule has 0 saturated carbocycles. The van der Waals surface area contributed by atoms with Gasteiger partial charge in [0.05, 0.1) is 11.1 Å². The van der Waals surface area contributed by atoms with E-state index >= 15 is 0 Å². The second-order valence-corrected chi connectivity index (χ2v) is 8.35. The molecule has 0 saturated heterocycles. The molecular formula is C11H15Br2N3O3S. The van der Waals surface area contributed by atoms with Crippen LogP contribution in [0.25, 0.3) is 0 Å². The van der Waals surface area contributed by atoms with Gasteiger partial charge >= 0.3 is 0 Å². The summed E-state index contributed by atoms with van der Waals surface area (Å²) < 4.78 is 27.9. The van der Waals surface area contributed by atoms with Gasteiger partial charge in [-0.2, -0.15) is 0 Å². The Balaban J connectivity index is 3.11. The number of carbonyl (C=O) groups excluding carboxylic acids is 1. The van der Waals surface area contributed by atoms with Gasteiger partial charge in [0.15, 0.2) is 0 Å². The monoisotopic (exact) mass is 427 g/mol. The molecule has 20 heavy (non-hydrogen) atoms. The standard InChI is InChI=1S/C11H15Br2N3O3S/c1-11(2,10(15)17)5-16-20(18,19)9-7(13)3-6(12)4-8(9)14/h3-4,16H,5,14H2,1-2H3,(H2,15,17). The first-order valence-electron chi connectivity index (χ1n) is 5.51. The van der Waals surface area contributed by atoms with Crippen molar-refractivity contribution in [1.29, 1.82) is 0 Å². The van der Waals surface area contributed by atoms with Crippen LogP contribution in [0, 0.1) is 5.41 Å². The van der Waals surface area contributed by atoms with E-state index in [0.717, 1.165) is 0 Å². The number of carbonyl (C=O) groups is 1. The fraction of sp³-hybridized carbons (Fsp3) is 0.364. The van der Waals surface area contributed by atoms with E-state index < -0.39 is 21.3 Å². The third-order valence-corrected chi connectivity index (χ3v) is 5.54. The van der Waals surface area contributed by atoms with Gasteiger partial charge < -0.3 is 11.5 Å². The zero-order valence-electron chi connectivity index (χ0n) is 10.9. The third kappa shape index (κ3) is 3.94. The fourth-order valence-electron chi connectivity index (χ4n) is 1.30. The number of rotatable bonds is 5. The van der Waals surface area contributed by atoms with Crippen LogP contribution >= 0.6 is 31.9 Å². The molecule has 9 heteroatoms. The second kappa shape index (κ2) is 6.00. The number of nitrogen functional groups attached to an aromatic ring is 1. The number of benzene rings is 1. The topological polar surface area (TPSA) is 115 Å². The highest BCUT2D eigenvalue weighted by atomic mass is 79.9. The lowest BCUT2D eigenvalue weighted by atomic mass is 9.93. The first-order chi connectivity index (χ1) is 8.97. The van der Waals surface area contributed by atoms with E-state index in [4.69, 9.17) is 11.5 Å². The number of amides is 1. The van der Waals surface area contributed by atoms with E-state index in [2.05, 4.69) is 36.6 Å². The Labute approximate surface area is 134 Å². The number of halogens is 2. The van der Waals surface area contributed by atoms with Crippen LogP contribution in [0.2, 0.25) is 0 Å². The largest absolute Gasteiger partial charge is 0.398 e. The Kier molecular flexibility index (Phi) is 5.23. The van der Waals surface area contributed by atoms with Gasteiger partial charge in [-0.1, -0.05) is 15.9 Å². The summed E-state index contributed by atoms with van der Waals surface area (Å²) in [4.78, 5) is 11.1. The molecule has 0 radical (unpaired) electrons. The predicted molar refractivity (Wildman–Crippen MR) is 84.4 cm³/mol. The number of sulfonamides is 1. The lowest BCUT2D eigenvalue weighted by molar-refractivity contribution is -0.125. The van der Waals surface area contributed by atoms with Gasteiger partial charge in [0.1, 0.15) is 4.90 Å². The van der Waals surface area contributed by atoms with Crippen molar-refractivity contribution in [3.05, 3.63) is 21.1 Å². The van der Waals surface area contributed by atoms with Crippen molar-refractivity contribution in [2.75, 3.05) is 12.3 Å². The van der Waals surface area contributed by atoms with Gasteiger partial charge in [0.2, 0.25) is 15.9 Å². The zero-order valence-corrected chi connectivity index (χ0v) is 14.9. The Bertz CT molecular complexity index is 621. The summed E-state index contributed by atoms with van der Waals surface area (Å²) in [6.07, 6.45) is 0. The van der Waals surface area contributed by atoms with Gasteiger partial charge in [-0.25, -0.2) is 13.1 Å². The highest BCUT2D eigenvalue weighted by Crippen LogP contribution is 2.31. The molecule has 0 aliphatic rings. The summed E-state index contributed by atoms with van der Waals surface area (Å²) in [5, 5.41) is 0. The van der Waals surface area contributed by atoms with Crippen molar-refractivity contribution in [2.45, 2.75) is 18.7 Å². The average molecular weight is 429 g/mol. The molecule has 0 atom stereocenters. The lowest BCUT2D eigenvalue weighted by Crippen LogP contribution is -2.42. The van der Waals surface area contributed by atoms with Crippen LogP contribution in [0.4, 0.5) is 5.69 Å². The van der Waals surface area contributed by atoms with Crippen molar-refractivity contribution < 1.29 is 13.2 Å². The van der Waals surface area contributed by atoms with Gasteiger partial charge in [0, 0.05) is 15.5 Å².